The predicted octanol–water partition coefficient (Wildman–Crippen LogP) is 6.72. The summed E-state index contributed by atoms with van der Waals surface area (Å²) in [6.45, 7) is 9.05. The Kier molecular flexibility index (Phi) is 12.0. The standard InChI is InChI=1S/C11H12NO.3C4H9.Sn/c1-2-10-3-5-11(6-4-10)7-8-12-9-13;3*1-3-4-2;/h3-7,9H,2H2,1H3,(H,12,13);3*1,3-4H2,2H3;. The molecule has 0 spiro atoms. The molecule has 146 valence electrons. The summed E-state index contributed by atoms with van der Waals surface area (Å²) in [4.78, 5) is 11.5. The normalized spacial score (nSPS) is 12.2. The van der Waals surface area contributed by atoms with Crippen LogP contribution in [0.3, 0.4) is 0 Å². The fourth-order valence-electron chi connectivity index (χ4n) is 3.75. The second kappa shape index (κ2) is 13.4. The van der Waals surface area contributed by atoms with Crippen molar-refractivity contribution in [3.05, 3.63) is 39.1 Å². The number of rotatable bonds is 14. The van der Waals surface area contributed by atoms with Gasteiger partial charge in [0.25, 0.3) is 0 Å². The SMILES string of the molecule is CCC[CH2][Sn]([CH2]CCC)([CH2]CCC)/[C](=C/c1ccc(CC)cc1)NC=O. The number of aryl methyl sites for hydroxylation is 1. The Morgan fingerprint density at radius 3 is 1.77 bits per heavy atom. The van der Waals surface area contributed by atoms with Gasteiger partial charge in [0, 0.05) is 0 Å². The molecule has 0 aliphatic rings. The van der Waals surface area contributed by atoms with Gasteiger partial charge in [0.15, 0.2) is 0 Å². The van der Waals surface area contributed by atoms with E-state index in [4.69, 9.17) is 0 Å². The van der Waals surface area contributed by atoms with Crippen LogP contribution in [0.2, 0.25) is 13.3 Å². The third-order valence-electron chi connectivity index (χ3n) is 5.51. The van der Waals surface area contributed by atoms with Crippen LogP contribution in [-0.2, 0) is 11.2 Å². The van der Waals surface area contributed by atoms with E-state index in [1.807, 2.05) is 0 Å². The third-order valence-corrected chi connectivity index (χ3v) is 20.8. The molecule has 1 amide bonds. The molecule has 1 aromatic carbocycles. The third kappa shape index (κ3) is 7.46. The second-order valence-electron chi connectivity index (χ2n) is 7.51. The van der Waals surface area contributed by atoms with E-state index in [9.17, 15) is 4.79 Å². The zero-order valence-electron chi connectivity index (χ0n) is 17.4. The summed E-state index contributed by atoms with van der Waals surface area (Å²) in [5.41, 5.74) is 2.60. The molecule has 0 bridgehead atoms. The molecule has 26 heavy (non-hydrogen) atoms. The van der Waals surface area contributed by atoms with Crippen LogP contribution >= 0.6 is 0 Å². The van der Waals surface area contributed by atoms with E-state index in [2.05, 4.69) is 63.4 Å². The van der Waals surface area contributed by atoms with E-state index in [-0.39, 0.29) is 0 Å². The van der Waals surface area contributed by atoms with Gasteiger partial charge in [-0.25, -0.2) is 0 Å². The molecule has 1 N–H and O–H groups in total. The van der Waals surface area contributed by atoms with E-state index in [0.717, 1.165) is 12.8 Å². The maximum absolute atomic E-state index is 11.5. The maximum atomic E-state index is 11.5. The number of carbonyl (C=O) groups excluding carboxylic acids is 1. The Balaban J connectivity index is 3.27. The van der Waals surface area contributed by atoms with E-state index in [1.54, 1.807) is 0 Å². The number of unbranched alkanes of at least 4 members (excludes halogenated alkanes) is 3. The van der Waals surface area contributed by atoms with Gasteiger partial charge in [-0.2, -0.15) is 0 Å². The van der Waals surface area contributed by atoms with Gasteiger partial charge in [0.2, 0.25) is 0 Å². The van der Waals surface area contributed by atoms with Crippen molar-refractivity contribution in [2.75, 3.05) is 0 Å². The minimum absolute atomic E-state index is 0.918. The van der Waals surface area contributed by atoms with Gasteiger partial charge in [-0.3, -0.25) is 0 Å². The van der Waals surface area contributed by atoms with Gasteiger partial charge in [0.05, 0.1) is 0 Å². The van der Waals surface area contributed by atoms with Crippen LogP contribution in [0.15, 0.2) is 28.0 Å². The van der Waals surface area contributed by atoms with Crippen LogP contribution in [0.4, 0.5) is 0 Å². The summed E-state index contributed by atoms with van der Waals surface area (Å²) in [5, 5.41) is 3.20. The van der Waals surface area contributed by atoms with Gasteiger partial charge >= 0.3 is 166 Å². The van der Waals surface area contributed by atoms with Crippen LogP contribution in [0.25, 0.3) is 6.08 Å². The molecule has 0 aliphatic carbocycles. The van der Waals surface area contributed by atoms with Gasteiger partial charge in [-0.15, -0.1) is 0 Å². The average Bonchev–Trinajstić information content (AvgIpc) is 2.68. The second-order valence-corrected chi connectivity index (χ2v) is 20.6. The Hall–Kier alpha value is -0.771. The van der Waals surface area contributed by atoms with E-state index in [0.29, 0.717) is 0 Å². The molecule has 0 fully saturated rings. The van der Waals surface area contributed by atoms with Crippen molar-refractivity contribution in [1.29, 1.82) is 0 Å². The first-order valence-electron chi connectivity index (χ1n) is 10.7. The molecule has 1 rings (SSSR count). The molecule has 0 aromatic heterocycles. The van der Waals surface area contributed by atoms with E-state index in [1.165, 1.54) is 66.7 Å². The Bertz CT molecular complexity index is 514. The van der Waals surface area contributed by atoms with Crippen molar-refractivity contribution in [3.63, 3.8) is 0 Å². The molecular weight excluding hydrogens is 425 g/mol. The number of hydrogen-bond acceptors (Lipinski definition) is 1. The quantitative estimate of drug-likeness (QED) is 0.240. The van der Waals surface area contributed by atoms with Crippen molar-refractivity contribution in [2.24, 2.45) is 0 Å². The molecular formula is C23H39NOSn. The summed E-state index contributed by atoms with van der Waals surface area (Å²) in [5.74, 6) is 0. The molecule has 0 saturated carbocycles. The van der Waals surface area contributed by atoms with Crippen molar-refractivity contribution in [2.45, 2.75) is 86.0 Å². The van der Waals surface area contributed by atoms with Crippen LogP contribution in [-0.4, -0.2) is 24.8 Å². The molecule has 3 heteroatoms. The molecule has 0 heterocycles. The molecule has 0 radical (unpaired) electrons. The van der Waals surface area contributed by atoms with Crippen molar-refractivity contribution in [1.82, 2.24) is 5.32 Å². The number of benzene rings is 1. The number of hydrogen-bond donors (Lipinski definition) is 1. The van der Waals surface area contributed by atoms with Gasteiger partial charge < -0.3 is 0 Å². The van der Waals surface area contributed by atoms with Crippen molar-refractivity contribution < 1.29 is 4.79 Å². The van der Waals surface area contributed by atoms with Crippen LogP contribution in [0.1, 0.15) is 77.3 Å². The zero-order valence-corrected chi connectivity index (χ0v) is 20.3. The zero-order chi connectivity index (χ0) is 19.3. The Labute approximate surface area is 165 Å². The summed E-state index contributed by atoms with van der Waals surface area (Å²) >= 11 is -2.61. The summed E-state index contributed by atoms with van der Waals surface area (Å²) in [7, 11) is 0. The van der Waals surface area contributed by atoms with Crippen molar-refractivity contribution in [3.8, 4) is 0 Å². The monoisotopic (exact) mass is 465 g/mol. The average molecular weight is 464 g/mol. The van der Waals surface area contributed by atoms with Gasteiger partial charge in [-0.1, -0.05) is 0 Å². The van der Waals surface area contributed by atoms with Crippen molar-refractivity contribution >= 4 is 30.9 Å². The summed E-state index contributed by atoms with van der Waals surface area (Å²) in [6.07, 6.45) is 11.9. The topological polar surface area (TPSA) is 29.1 Å². The molecule has 1 aromatic rings. The first kappa shape index (κ1) is 23.3. The Morgan fingerprint density at radius 1 is 0.885 bits per heavy atom. The Morgan fingerprint density at radius 2 is 1.38 bits per heavy atom. The molecule has 2 nitrogen and oxygen atoms in total. The fourth-order valence-corrected chi connectivity index (χ4v) is 19.4. The van der Waals surface area contributed by atoms with Crippen LogP contribution in [0.5, 0.6) is 0 Å². The molecule has 0 unspecified atom stereocenters. The molecule has 0 saturated heterocycles. The number of carbonyl (C=O) groups is 1. The molecule has 0 atom stereocenters. The summed E-state index contributed by atoms with van der Waals surface area (Å²) in [6, 6.07) is 8.85. The van der Waals surface area contributed by atoms with E-state index >= 15 is 0 Å². The number of nitrogens with one attached hydrogen (secondary N) is 1. The van der Waals surface area contributed by atoms with Crippen LogP contribution in [0, 0.1) is 0 Å². The fraction of sp³-hybridized carbons (Fsp3) is 0.609. The number of amides is 1. The molecule has 0 aliphatic heterocycles. The summed E-state index contributed by atoms with van der Waals surface area (Å²) < 4.78 is 5.43. The minimum atomic E-state index is -2.61. The first-order chi connectivity index (χ1) is 12.7. The van der Waals surface area contributed by atoms with Crippen LogP contribution < -0.4 is 5.32 Å². The first-order valence-corrected chi connectivity index (χ1v) is 18.1. The van der Waals surface area contributed by atoms with Gasteiger partial charge in [-0.05, 0) is 0 Å². The van der Waals surface area contributed by atoms with Gasteiger partial charge in [0.1, 0.15) is 0 Å². The van der Waals surface area contributed by atoms with E-state index < -0.39 is 18.4 Å². The predicted molar refractivity (Wildman–Crippen MR) is 118 cm³/mol.